The first-order chi connectivity index (χ1) is 20.9. The quantitative estimate of drug-likeness (QED) is 0.111. The highest BCUT2D eigenvalue weighted by molar-refractivity contribution is 7.14. The van der Waals surface area contributed by atoms with Gasteiger partial charge in [0.15, 0.2) is 5.13 Å². The van der Waals surface area contributed by atoms with Crippen LogP contribution in [-0.4, -0.2) is 29.5 Å². The van der Waals surface area contributed by atoms with Crippen molar-refractivity contribution in [2.45, 2.75) is 27.7 Å². The van der Waals surface area contributed by atoms with Crippen molar-refractivity contribution in [3.05, 3.63) is 108 Å². The molecular weight excluding hydrogens is 558 g/mol. The zero-order valence-corrected chi connectivity index (χ0v) is 25.8. The number of nitrogens with zero attached hydrogens (tertiary/aromatic N) is 3. The van der Waals surface area contributed by atoms with Crippen LogP contribution in [0.25, 0.3) is 11.3 Å². The molecule has 9 nitrogen and oxygen atoms in total. The number of anilines is 6. The number of imide groups is 1. The number of para-hydroxylation sites is 3. The molecule has 2 heterocycles. The van der Waals surface area contributed by atoms with E-state index in [4.69, 9.17) is 5.73 Å². The molecule has 5 aromatic rings. The van der Waals surface area contributed by atoms with Crippen LogP contribution in [-0.2, 0) is 4.79 Å². The summed E-state index contributed by atoms with van der Waals surface area (Å²) in [5, 5.41) is 12.1. The summed E-state index contributed by atoms with van der Waals surface area (Å²) in [7, 11) is 1.92. The van der Waals surface area contributed by atoms with Crippen molar-refractivity contribution < 1.29 is 9.59 Å². The Kier molecular flexibility index (Phi) is 12.2. The van der Waals surface area contributed by atoms with E-state index in [2.05, 4.69) is 51.0 Å². The molecule has 0 fully saturated rings. The summed E-state index contributed by atoms with van der Waals surface area (Å²) >= 11 is 1.59. The maximum Gasteiger partial charge on any atom is 0.333 e. The molecule has 5 rings (SSSR count). The van der Waals surface area contributed by atoms with Gasteiger partial charge in [0.2, 0.25) is 6.41 Å². The van der Waals surface area contributed by atoms with Gasteiger partial charge in [0.1, 0.15) is 0 Å². The molecule has 222 valence electrons. The van der Waals surface area contributed by atoms with Crippen LogP contribution in [0.15, 0.2) is 96.6 Å². The minimum Gasteiger partial charge on any atom is -0.397 e. The molecule has 2 aromatic heterocycles. The molecule has 3 aromatic carbocycles. The Bertz CT molecular complexity index is 1620. The average Bonchev–Trinajstić information content (AvgIpc) is 3.51. The normalized spacial score (nSPS) is 9.79. The third-order valence-electron chi connectivity index (χ3n) is 6.14. The fourth-order valence-corrected chi connectivity index (χ4v) is 4.55. The molecule has 0 aliphatic heterocycles. The number of aryl methyl sites for hydroxylation is 2. The highest BCUT2D eigenvalue weighted by Crippen LogP contribution is 2.29. The molecule has 5 N–H and O–H groups in total. The van der Waals surface area contributed by atoms with Crippen LogP contribution in [0.1, 0.15) is 25.0 Å². The summed E-state index contributed by atoms with van der Waals surface area (Å²) in [6, 6.07) is 23.6. The first-order valence-electron chi connectivity index (χ1n) is 13.8. The highest BCUT2D eigenvalue weighted by atomic mass is 32.1. The number of benzene rings is 3. The number of rotatable bonds is 7. The number of amides is 3. The summed E-state index contributed by atoms with van der Waals surface area (Å²) in [6.45, 7) is 7.95. The largest absolute Gasteiger partial charge is 0.397 e. The number of carbonyl (C=O) groups is 2. The fraction of sp³-hybridized carbons (Fsp3) is 0.152. The van der Waals surface area contributed by atoms with Crippen LogP contribution < -0.4 is 26.6 Å². The van der Waals surface area contributed by atoms with E-state index in [0.717, 1.165) is 38.2 Å². The highest BCUT2D eigenvalue weighted by Gasteiger charge is 2.17. The van der Waals surface area contributed by atoms with E-state index in [1.807, 2.05) is 69.7 Å². The molecule has 43 heavy (non-hydrogen) atoms. The van der Waals surface area contributed by atoms with Gasteiger partial charge in [-0.2, -0.15) is 0 Å². The van der Waals surface area contributed by atoms with E-state index in [9.17, 15) is 9.59 Å². The smallest absolute Gasteiger partial charge is 0.333 e. The maximum absolute atomic E-state index is 12.2. The predicted octanol–water partition coefficient (Wildman–Crippen LogP) is 8.10. The van der Waals surface area contributed by atoms with Crippen molar-refractivity contribution in [2.24, 2.45) is 0 Å². The molecule has 0 aliphatic carbocycles. The predicted molar refractivity (Wildman–Crippen MR) is 180 cm³/mol. The number of nitrogens with one attached hydrogen (secondary N) is 3. The molecular formula is C33H37N7O2S. The lowest BCUT2D eigenvalue weighted by Gasteiger charge is -2.18. The maximum atomic E-state index is 12.2. The molecule has 0 saturated heterocycles. The van der Waals surface area contributed by atoms with Gasteiger partial charge >= 0.3 is 6.03 Å². The van der Waals surface area contributed by atoms with Crippen LogP contribution in [0.5, 0.6) is 0 Å². The summed E-state index contributed by atoms with van der Waals surface area (Å²) in [5.74, 6) is 0. The lowest BCUT2D eigenvalue weighted by molar-refractivity contribution is -0.106. The Morgan fingerprint density at radius 2 is 1.65 bits per heavy atom. The lowest BCUT2D eigenvalue weighted by atomic mass is 10.2. The topological polar surface area (TPSA) is 125 Å². The number of thiazole rings is 1. The van der Waals surface area contributed by atoms with Crippen LogP contribution in [0.3, 0.4) is 0 Å². The van der Waals surface area contributed by atoms with Crippen molar-refractivity contribution in [1.82, 2.24) is 9.97 Å². The van der Waals surface area contributed by atoms with Gasteiger partial charge in [-0.25, -0.2) is 14.7 Å². The number of hydrogen-bond donors (Lipinski definition) is 4. The summed E-state index contributed by atoms with van der Waals surface area (Å²) in [5.41, 5.74) is 13.4. The zero-order valence-electron chi connectivity index (χ0n) is 25.0. The summed E-state index contributed by atoms with van der Waals surface area (Å²) in [6.07, 6.45) is 4.03. The van der Waals surface area contributed by atoms with Gasteiger partial charge in [0, 0.05) is 47.4 Å². The fourth-order valence-electron chi connectivity index (χ4n) is 3.81. The average molecular weight is 596 g/mol. The van der Waals surface area contributed by atoms with E-state index < -0.39 is 6.03 Å². The molecule has 0 saturated carbocycles. The van der Waals surface area contributed by atoms with Gasteiger partial charge in [0.25, 0.3) is 0 Å². The second kappa shape index (κ2) is 16.3. The minimum atomic E-state index is -0.549. The zero-order chi connectivity index (χ0) is 31.2. The molecule has 10 heteroatoms. The second-order valence-corrected chi connectivity index (χ2v) is 9.82. The number of carbonyl (C=O) groups excluding carboxylic acids is 2. The van der Waals surface area contributed by atoms with Crippen molar-refractivity contribution in [3.8, 4) is 11.3 Å². The van der Waals surface area contributed by atoms with Crippen LogP contribution in [0.2, 0.25) is 0 Å². The Morgan fingerprint density at radius 1 is 0.930 bits per heavy atom. The Hall–Kier alpha value is -5.22. The lowest BCUT2D eigenvalue weighted by Crippen LogP contribution is -2.34. The summed E-state index contributed by atoms with van der Waals surface area (Å²) in [4.78, 5) is 33.1. The molecule has 0 bridgehead atoms. The third kappa shape index (κ3) is 8.88. The Labute approximate surface area is 256 Å². The first kappa shape index (κ1) is 32.3. The molecule has 0 atom stereocenters. The van der Waals surface area contributed by atoms with Gasteiger partial charge in [-0.1, -0.05) is 50.2 Å². The number of hydrogen-bond acceptors (Lipinski definition) is 8. The molecule has 0 unspecified atom stereocenters. The van der Waals surface area contributed by atoms with E-state index in [-0.39, 0.29) is 0 Å². The van der Waals surface area contributed by atoms with Gasteiger partial charge in [-0.15, -0.1) is 11.3 Å². The van der Waals surface area contributed by atoms with E-state index in [1.165, 1.54) is 5.56 Å². The number of nitrogen functional groups attached to an aromatic ring is 1. The number of aromatic nitrogens is 2. The Morgan fingerprint density at radius 3 is 2.33 bits per heavy atom. The van der Waals surface area contributed by atoms with Gasteiger partial charge < -0.3 is 21.7 Å². The van der Waals surface area contributed by atoms with Crippen molar-refractivity contribution in [2.75, 3.05) is 33.6 Å². The van der Waals surface area contributed by atoms with E-state index >= 15 is 0 Å². The summed E-state index contributed by atoms with van der Waals surface area (Å²) < 4.78 is 0. The third-order valence-corrected chi connectivity index (χ3v) is 6.89. The first-order valence-corrected chi connectivity index (χ1v) is 14.6. The minimum absolute atomic E-state index is 0.355. The second-order valence-electron chi connectivity index (χ2n) is 8.96. The standard InChI is InChI=1S/C16H16N4S.C15H15N3O2.C2H6/c1-11-5-6-13(17-2)8-14(11)19-16-20-15(10-21-16)12-4-3-7-18-9-12;1-11-6-2-4-8-13(11)17-15(20)18(10-19)14-9-5-3-7-12(14)16;1-2/h3-10,17H,1-2H3,(H,19,20);2-10H,16H2,1H3,(H,17,20);1-2H3. The van der Waals surface area contributed by atoms with Crippen molar-refractivity contribution in [1.29, 1.82) is 0 Å². The number of nitrogens with two attached hydrogens (primary N) is 1. The van der Waals surface area contributed by atoms with Gasteiger partial charge in [-0.05, 0) is 67.4 Å². The Balaban J connectivity index is 0.000000223. The van der Waals surface area contributed by atoms with Crippen molar-refractivity contribution in [3.63, 3.8) is 0 Å². The molecule has 3 amide bonds. The number of urea groups is 1. The molecule has 0 radical (unpaired) electrons. The molecule has 0 spiro atoms. The van der Waals surface area contributed by atoms with E-state index in [0.29, 0.717) is 23.5 Å². The number of pyridine rings is 1. The van der Waals surface area contributed by atoms with Crippen LogP contribution >= 0.6 is 11.3 Å². The van der Waals surface area contributed by atoms with E-state index in [1.54, 1.807) is 47.9 Å². The molecule has 0 aliphatic rings. The monoisotopic (exact) mass is 595 g/mol. The van der Waals surface area contributed by atoms with Crippen LogP contribution in [0, 0.1) is 13.8 Å². The van der Waals surface area contributed by atoms with Crippen molar-refractivity contribution >= 4 is 57.3 Å². The van der Waals surface area contributed by atoms with Gasteiger partial charge in [-0.3, -0.25) is 9.78 Å². The van der Waals surface area contributed by atoms with Crippen LogP contribution in [0.4, 0.5) is 38.4 Å². The SMILES string of the molecule is CC.CNc1ccc(C)c(Nc2nc(-c3cccnc3)cs2)c1.Cc1ccccc1NC(=O)N(C=O)c1ccccc1N. The van der Waals surface area contributed by atoms with Gasteiger partial charge in [0.05, 0.1) is 17.1 Å².